The van der Waals surface area contributed by atoms with Crippen molar-refractivity contribution in [2.45, 2.75) is 6.18 Å². The first-order valence-corrected chi connectivity index (χ1v) is 5.01. The Kier molecular flexibility index (Phi) is 4.05. The average molecular weight is 262 g/mol. The van der Waals surface area contributed by atoms with E-state index in [1.807, 2.05) is 0 Å². The third-order valence-corrected chi connectivity index (χ3v) is 2.28. The van der Waals surface area contributed by atoms with Gasteiger partial charge < -0.3 is 15.4 Å². The van der Waals surface area contributed by atoms with E-state index in [0.717, 1.165) is 7.05 Å². The van der Waals surface area contributed by atoms with E-state index in [1.165, 1.54) is 25.3 Å². The summed E-state index contributed by atoms with van der Waals surface area (Å²) in [6, 6.07) is 4.37. The molecule has 2 N–H and O–H groups in total. The maximum Gasteiger partial charge on any atom is 0.406 e. The predicted octanol–water partition coefficient (Wildman–Crippen LogP) is 1.91. The summed E-state index contributed by atoms with van der Waals surface area (Å²) in [4.78, 5) is 12.4. The summed E-state index contributed by atoms with van der Waals surface area (Å²) in [6.07, 6.45) is -4.45. The van der Waals surface area contributed by atoms with Gasteiger partial charge in [-0.2, -0.15) is 13.2 Å². The Hall–Kier alpha value is -1.92. The Balaban J connectivity index is 2.97. The molecule has 0 unspecified atom stereocenters. The summed E-state index contributed by atoms with van der Waals surface area (Å²) in [5.41, 5.74) is 5.66. The molecule has 0 spiro atoms. The first-order chi connectivity index (χ1) is 8.26. The Morgan fingerprint density at radius 2 is 2.06 bits per heavy atom. The lowest BCUT2D eigenvalue weighted by molar-refractivity contribution is -0.138. The van der Waals surface area contributed by atoms with Crippen LogP contribution in [0.15, 0.2) is 18.2 Å². The lowest BCUT2D eigenvalue weighted by Gasteiger charge is -2.20. The predicted molar refractivity (Wildman–Crippen MR) is 60.4 cm³/mol. The van der Waals surface area contributed by atoms with Gasteiger partial charge in [-0.1, -0.05) is 6.07 Å². The molecule has 0 heterocycles. The number of para-hydroxylation sites is 1. The van der Waals surface area contributed by atoms with Gasteiger partial charge in [0.25, 0.3) is 5.91 Å². The summed E-state index contributed by atoms with van der Waals surface area (Å²) in [6.45, 7) is -1.33. The van der Waals surface area contributed by atoms with Crippen molar-refractivity contribution in [2.75, 3.05) is 26.4 Å². The number of anilines is 1. The van der Waals surface area contributed by atoms with Gasteiger partial charge in [0.15, 0.2) is 0 Å². The first kappa shape index (κ1) is 14.1. The van der Waals surface area contributed by atoms with E-state index in [0.29, 0.717) is 4.90 Å². The van der Waals surface area contributed by atoms with Crippen LogP contribution in [0.25, 0.3) is 0 Å². The monoisotopic (exact) mass is 262 g/mol. The molecular weight excluding hydrogens is 249 g/mol. The van der Waals surface area contributed by atoms with Crippen molar-refractivity contribution in [3.63, 3.8) is 0 Å². The molecular formula is C11H13F3N2O2. The van der Waals surface area contributed by atoms with Gasteiger partial charge >= 0.3 is 6.18 Å². The summed E-state index contributed by atoms with van der Waals surface area (Å²) in [5, 5.41) is 0. The smallest absolute Gasteiger partial charge is 0.406 e. The van der Waals surface area contributed by atoms with Crippen molar-refractivity contribution in [3.8, 4) is 5.75 Å². The summed E-state index contributed by atoms with van der Waals surface area (Å²) < 4.78 is 41.4. The fourth-order valence-electron chi connectivity index (χ4n) is 1.45. The van der Waals surface area contributed by atoms with E-state index < -0.39 is 18.6 Å². The van der Waals surface area contributed by atoms with Gasteiger partial charge in [0.05, 0.1) is 18.4 Å². The number of alkyl halides is 3. The molecule has 1 rings (SSSR count). The number of nitrogens with zero attached hydrogens (tertiary/aromatic N) is 1. The molecule has 0 saturated carbocycles. The Bertz CT molecular complexity index is 446. The van der Waals surface area contributed by atoms with Gasteiger partial charge in [-0.05, 0) is 12.1 Å². The van der Waals surface area contributed by atoms with Gasteiger partial charge in [0, 0.05) is 7.05 Å². The van der Waals surface area contributed by atoms with Crippen molar-refractivity contribution >= 4 is 11.6 Å². The summed E-state index contributed by atoms with van der Waals surface area (Å²) in [5.74, 6) is -0.551. The lowest BCUT2D eigenvalue weighted by atomic mass is 10.1. The molecule has 0 fully saturated rings. The number of hydrogen-bond donors (Lipinski definition) is 1. The molecule has 1 amide bonds. The molecule has 1 aromatic rings. The van der Waals surface area contributed by atoms with Crippen LogP contribution in [0.5, 0.6) is 5.75 Å². The minimum atomic E-state index is -4.45. The Morgan fingerprint density at radius 3 is 2.56 bits per heavy atom. The topological polar surface area (TPSA) is 55.6 Å². The number of carbonyl (C=O) groups is 1. The number of halogens is 3. The summed E-state index contributed by atoms with van der Waals surface area (Å²) >= 11 is 0. The number of hydrogen-bond acceptors (Lipinski definition) is 3. The van der Waals surface area contributed by atoms with Crippen LogP contribution >= 0.6 is 0 Å². The van der Waals surface area contributed by atoms with Gasteiger partial charge in [0.1, 0.15) is 12.3 Å². The third kappa shape index (κ3) is 3.28. The highest BCUT2D eigenvalue weighted by Gasteiger charge is 2.32. The highest BCUT2D eigenvalue weighted by molar-refractivity contribution is 6.00. The zero-order chi connectivity index (χ0) is 13.9. The van der Waals surface area contributed by atoms with Crippen molar-refractivity contribution in [1.29, 1.82) is 0 Å². The fraction of sp³-hybridized carbons (Fsp3) is 0.364. The Morgan fingerprint density at radius 1 is 1.44 bits per heavy atom. The Labute approximate surface area is 102 Å². The first-order valence-electron chi connectivity index (χ1n) is 5.01. The van der Waals surface area contributed by atoms with Crippen LogP contribution in [0.3, 0.4) is 0 Å². The molecule has 100 valence electrons. The molecule has 0 aromatic heterocycles. The van der Waals surface area contributed by atoms with E-state index in [2.05, 4.69) is 0 Å². The number of nitrogens with two attached hydrogens (primary N) is 1. The van der Waals surface area contributed by atoms with Gasteiger partial charge in [-0.3, -0.25) is 4.79 Å². The van der Waals surface area contributed by atoms with Crippen LogP contribution in [0.1, 0.15) is 10.4 Å². The molecule has 0 aliphatic carbocycles. The maximum atomic E-state index is 12.2. The minimum Gasteiger partial charge on any atom is -0.495 e. The zero-order valence-corrected chi connectivity index (χ0v) is 9.91. The number of nitrogen functional groups attached to an aromatic ring is 1. The van der Waals surface area contributed by atoms with Crippen LogP contribution < -0.4 is 10.5 Å². The SMILES string of the molecule is COc1cccc(C(=O)N(C)CC(F)(F)F)c1N. The average Bonchev–Trinajstić information content (AvgIpc) is 2.26. The second-order valence-corrected chi connectivity index (χ2v) is 3.70. The summed E-state index contributed by atoms with van der Waals surface area (Å²) in [7, 11) is 2.42. The standard InChI is InChI=1S/C11H13F3N2O2/c1-16(6-11(12,13)14)10(17)7-4-3-5-8(18-2)9(7)15/h3-5H,6,15H2,1-2H3. The molecule has 1 aromatic carbocycles. The molecule has 7 heteroatoms. The minimum absolute atomic E-state index is 0.0129. The van der Waals surface area contributed by atoms with Crippen LogP contribution in [0.4, 0.5) is 18.9 Å². The molecule has 0 atom stereocenters. The largest absolute Gasteiger partial charge is 0.495 e. The van der Waals surface area contributed by atoms with Crippen LogP contribution in [0, 0.1) is 0 Å². The normalized spacial score (nSPS) is 11.2. The number of methoxy groups -OCH3 is 1. The molecule has 0 bridgehead atoms. The van der Waals surface area contributed by atoms with Crippen molar-refractivity contribution in [3.05, 3.63) is 23.8 Å². The molecule has 0 radical (unpaired) electrons. The van der Waals surface area contributed by atoms with Crippen molar-refractivity contribution < 1.29 is 22.7 Å². The van der Waals surface area contributed by atoms with Crippen molar-refractivity contribution in [2.24, 2.45) is 0 Å². The quantitative estimate of drug-likeness (QED) is 0.846. The van der Waals surface area contributed by atoms with Crippen LogP contribution in [0.2, 0.25) is 0 Å². The van der Waals surface area contributed by atoms with E-state index in [4.69, 9.17) is 10.5 Å². The van der Waals surface area contributed by atoms with Gasteiger partial charge in [-0.25, -0.2) is 0 Å². The van der Waals surface area contributed by atoms with E-state index in [9.17, 15) is 18.0 Å². The van der Waals surface area contributed by atoms with E-state index >= 15 is 0 Å². The van der Waals surface area contributed by atoms with Gasteiger partial charge in [0.2, 0.25) is 0 Å². The zero-order valence-electron chi connectivity index (χ0n) is 9.91. The van der Waals surface area contributed by atoms with E-state index in [-0.39, 0.29) is 17.0 Å². The second-order valence-electron chi connectivity index (χ2n) is 3.70. The number of carbonyl (C=O) groups excluding carboxylic acids is 1. The van der Waals surface area contributed by atoms with Crippen molar-refractivity contribution in [1.82, 2.24) is 4.90 Å². The van der Waals surface area contributed by atoms with E-state index in [1.54, 1.807) is 0 Å². The van der Waals surface area contributed by atoms with Crippen LogP contribution in [-0.4, -0.2) is 37.7 Å². The number of ether oxygens (including phenoxy) is 1. The van der Waals surface area contributed by atoms with Gasteiger partial charge in [-0.15, -0.1) is 0 Å². The highest BCUT2D eigenvalue weighted by atomic mass is 19.4. The van der Waals surface area contributed by atoms with Crippen LogP contribution in [-0.2, 0) is 0 Å². The molecule has 0 saturated heterocycles. The second kappa shape index (κ2) is 5.16. The number of amides is 1. The maximum absolute atomic E-state index is 12.2. The highest BCUT2D eigenvalue weighted by Crippen LogP contribution is 2.26. The fourth-order valence-corrected chi connectivity index (χ4v) is 1.45. The molecule has 18 heavy (non-hydrogen) atoms. The number of benzene rings is 1. The lowest BCUT2D eigenvalue weighted by Crippen LogP contribution is -2.36. The number of rotatable bonds is 3. The third-order valence-electron chi connectivity index (χ3n) is 2.28. The molecule has 0 aliphatic heterocycles. The molecule has 0 aliphatic rings. The molecule has 4 nitrogen and oxygen atoms in total.